The molecule has 20 heavy (non-hydrogen) atoms. The second-order valence-corrected chi connectivity index (χ2v) is 6.27. The van der Waals surface area contributed by atoms with Crippen LogP contribution in [0.5, 0.6) is 0 Å². The Balaban J connectivity index is 1.97. The highest BCUT2D eigenvalue weighted by Gasteiger charge is 2.12. The Morgan fingerprint density at radius 2 is 1.95 bits per heavy atom. The summed E-state index contributed by atoms with van der Waals surface area (Å²) in [7, 11) is 0. The number of rotatable bonds is 3. The molecule has 4 heteroatoms. The number of imidazole rings is 1. The van der Waals surface area contributed by atoms with E-state index in [0.29, 0.717) is 11.9 Å². The average Bonchev–Trinajstić information content (AvgIpc) is 2.75. The smallest absolute Gasteiger partial charge is 0.201 e. The van der Waals surface area contributed by atoms with Gasteiger partial charge in [-0.3, -0.25) is 0 Å². The number of benzene rings is 2. The first-order valence-electron chi connectivity index (χ1n) is 6.61. The monoisotopic (exact) mass is 377 g/mol. The van der Waals surface area contributed by atoms with Gasteiger partial charge in [0, 0.05) is 10.1 Å². The van der Waals surface area contributed by atoms with Crippen LogP contribution in [0.15, 0.2) is 48.5 Å². The van der Waals surface area contributed by atoms with Crippen LogP contribution >= 0.6 is 22.6 Å². The van der Waals surface area contributed by atoms with Crippen molar-refractivity contribution in [2.45, 2.75) is 19.4 Å². The molecule has 3 nitrogen and oxygen atoms in total. The Morgan fingerprint density at radius 3 is 2.70 bits per heavy atom. The molecule has 2 N–H and O–H groups in total. The number of nitrogens with two attached hydrogens (primary N) is 1. The number of halogens is 1. The molecular weight excluding hydrogens is 361 g/mol. The maximum Gasteiger partial charge on any atom is 0.201 e. The Kier molecular flexibility index (Phi) is 3.65. The van der Waals surface area contributed by atoms with Crippen LogP contribution < -0.4 is 5.73 Å². The van der Waals surface area contributed by atoms with Crippen molar-refractivity contribution in [3.8, 4) is 0 Å². The minimum Gasteiger partial charge on any atom is -0.369 e. The maximum atomic E-state index is 6.08. The summed E-state index contributed by atoms with van der Waals surface area (Å²) >= 11 is 2.29. The first-order chi connectivity index (χ1) is 9.65. The van der Waals surface area contributed by atoms with Gasteiger partial charge in [-0.25, -0.2) is 4.98 Å². The summed E-state index contributed by atoms with van der Waals surface area (Å²) in [6.45, 7) is 3.06. The van der Waals surface area contributed by atoms with Gasteiger partial charge in [-0.2, -0.15) is 0 Å². The zero-order chi connectivity index (χ0) is 14.1. The number of hydrogen-bond acceptors (Lipinski definition) is 2. The van der Waals surface area contributed by atoms with Crippen molar-refractivity contribution in [2.24, 2.45) is 0 Å². The first kappa shape index (κ1) is 13.4. The van der Waals surface area contributed by atoms with Crippen molar-refractivity contribution in [3.63, 3.8) is 0 Å². The van der Waals surface area contributed by atoms with E-state index in [9.17, 15) is 0 Å². The predicted octanol–water partition coefficient (Wildman–Crippen LogP) is 4.03. The van der Waals surface area contributed by atoms with Crippen molar-refractivity contribution in [2.75, 3.05) is 5.73 Å². The van der Waals surface area contributed by atoms with Gasteiger partial charge < -0.3 is 10.3 Å². The van der Waals surface area contributed by atoms with E-state index in [1.807, 2.05) is 6.07 Å². The third-order valence-electron chi connectivity index (χ3n) is 3.56. The minimum atomic E-state index is 0.398. The zero-order valence-corrected chi connectivity index (χ0v) is 13.4. The van der Waals surface area contributed by atoms with Crippen molar-refractivity contribution < 1.29 is 0 Å². The number of nitrogen functional groups attached to an aromatic ring is 1. The van der Waals surface area contributed by atoms with Crippen LogP contribution in [-0.4, -0.2) is 9.55 Å². The lowest BCUT2D eigenvalue weighted by Crippen LogP contribution is -2.09. The Bertz CT molecular complexity index is 734. The van der Waals surface area contributed by atoms with Crippen LogP contribution in [0.3, 0.4) is 0 Å². The molecule has 0 saturated carbocycles. The summed E-state index contributed by atoms with van der Waals surface area (Å²) in [6, 6.07) is 16.7. The number of fused-ring (bicyclic) bond motifs is 1. The van der Waals surface area contributed by atoms with Gasteiger partial charge in [0.1, 0.15) is 0 Å². The van der Waals surface area contributed by atoms with Gasteiger partial charge in [-0.1, -0.05) is 37.3 Å². The normalized spacial score (nSPS) is 12.7. The number of nitrogens with zero attached hydrogens (tertiary/aromatic N) is 2. The van der Waals surface area contributed by atoms with Crippen LogP contribution in [0.25, 0.3) is 11.0 Å². The number of hydrogen-bond donors (Lipinski definition) is 1. The molecule has 1 heterocycles. The molecule has 0 aliphatic heterocycles. The molecule has 1 atom stereocenters. The standard InChI is InChI=1S/C16H16IN3/c1-11(12-5-3-2-4-6-12)10-20-15-8-7-13(17)9-14(15)19-16(20)18/h2-9,11H,10H2,1H3,(H2,18,19). The van der Waals surface area contributed by atoms with Crippen LogP contribution in [0.4, 0.5) is 5.95 Å². The largest absolute Gasteiger partial charge is 0.369 e. The molecule has 1 unspecified atom stereocenters. The van der Waals surface area contributed by atoms with E-state index in [0.717, 1.165) is 17.6 Å². The highest BCUT2D eigenvalue weighted by molar-refractivity contribution is 14.1. The van der Waals surface area contributed by atoms with E-state index in [2.05, 4.69) is 81.5 Å². The second-order valence-electron chi connectivity index (χ2n) is 5.03. The highest BCUT2D eigenvalue weighted by atomic mass is 127. The minimum absolute atomic E-state index is 0.398. The molecule has 0 aliphatic carbocycles. The second kappa shape index (κ2) is 5.44. The van der Waals surface area contributed by atoms with E-state index in [-0.39, 0.29) is 0 Å². The molecule has 0 spiro atoms. The van der Waals surface area contributed by atoms with E-state index in [4.69, 9.17) is 5.73 Å². The third-order valence-corrected chi connectivity index (χ3v) is 4.24. The lowest BCUT2D eigenvalue weighted by atomic mass is 10.0. The molecule has 0 amide bonds. The molecule has 0 saturated heterocycles. The fourth-order valence-corrected chi connectivity index (χ4v) is 2.95. The van der Waals surface area contributed by atoms with E-state index >= 15 is 0 Å². The van der Waals surface area contributed by atoms with Gasteiger partial charge in [0.05, 0.1) is 11.0 Å². The Hall–Kier alpha value is -1.56. The average molecular weight is 377 g/mol. The van der Waals surface area contributed by atoms with Crippen LogP contribution in [-0.2, 0) is 6.54 Å². The molecule has 3 rings (SSSR count). The molecule has 2 aromatic carbocycles. The van der Waals surface area contributed by atoms with Gasteiger partial charge in [-0.15, -0.1) is 0 Å². The fraction of sp³-hybridized carbons (Fsp3) is 0.188. The van der Waals surface area contributed by atoms with Crippen molar-refractivity contribution >= 4 is 39.6 Å². The molecular formula is C16H16IN3. The predicted molar refractivity (Wildman–Crippen MR) is 91.7 cm³/mol. The van der Waals surface area contributed by atoms with Crippen molar-refractivity contribution in [1.29, 1.82) is 0 Å². The van der Waals surface area contributed by atoms with Gasteiger partial charge in [0.2, 0.25) is 5.95 Å². The molecule has 1 aromatic heterocycles. The number of anilines is 1. The molecule has 102 valence electrons. The van der Waals surface area contributed by atoms with E-state index < -0.39 is 0 Å². The first-order valence-corrected chi connectivity index (χ1v) is 7.69. The molecule has 0 aliphatic rings. The summed E-state index contributed by atoms with van der Waals surface area (Å²) < 4.78 is 3.28. The van der Waals surface area contributed by atoms with Gasteiger partial charge in [0.25, 0.3) is 0 Å². The quantitative estimate of drug-likeness (QED) is 0.701. The molecule has 0 bridgehead atoms. The van der Waals surface area contributed by atoms with Gasteiger partial charge in [0.15, 0.2) is 0 Å². The van der Waals surface area contributed by atoms with Crippen molar-refractivity contribution in [3.05, 3.63) is 57.7 Å². The summed E-state index contributed by atoms with van der Waals surface area (Å²) in [4.78, 5) is 4.46. The molecule has 0 radical (unpaired) electrons. The Morgan fingerprint density at radius 1 is 1.20 bits per heavy atom. The van der Waals surface area contributed by atoms with Gasteiger partial charge in [-0.05, 0) is 52.3 Å². The number of aromatic nitrogens is 2. The topological polar surface area (TPSA) is 43.8 Å². The fourth-order valence-electron chi connectivity index (χ4n) is 2.47. The third kappa shape index (κ3) is 2.52. The summed E-state index contributed by atoms with van der Waals surface area (Å²) in [5.74, 6) is 0.986. The summed E-state index contributed by atoms with van der Waals surface area (Å²) in [5, 5.41) is 0. The van der Waals surface area contributed by atoms with E-state index in [1.165, 1.54) is 9.13 Å². The zero-order valence-electron chi connectivity index (χ0n) is 11.3. The molecule has 0 fully saturated rings. The van der Waals surface area contributed by atoms with E-state index in [1.54, 1.807) is 0 Å². The summed E-state index contributed by atoms with van der Waals surface area (Å²) in [6.07, 6.45) is 0. The maximum absolute atomic E-state index is 6.08. The van der Waals surface area contributed by atoms with Gasteiger partial charge >= 0.3 is 0 Å². The SMILES string of the molecule is CC(Cn1c(N)nc2cc(I)ccc21)c1ccccc1. The highest BCUT2D eigenvalue weighted by Crippen LogP contribution is 2.24. The molecule has 3 aromatic rings. The van der Waals surface area contributed by atoms with Crippen LogP contribution in [0, 0.1) is 3.57 Å². The lowest BCUT2D eigenvalue weighted by Gasteiger charge is -2.14. The van der Waals surface area contributed by atoms with Crippen LogP contribution in [0.2, 0.25) is 0 Å². The van der Waals surface area contributed by atoms with Crippen LogP contribution in [0.1, 0.15) is 18.4 Å². The van der Waals surface area contributed by atoms with Crippen molar-refractivity contribution in [1.82, 2.24) is 9.55 Å². The summed E-state index contributed by atoms with van der Waals surface area (Å²) in [5.41, 5.74) is 9.47. The lowest BCUT2D eigenvalue weighted by molar-refractivity contribution is 0.617. The Labute approximate surface area is 132 Å².